The Labute approximate surface area is 201 Å². The Bertz CT molecular complexity index is 1160. The van der Waals surface area contributed by atoms with Crippen LogP contribution in [-0.4, -0.2) is 54.6 Å². The topological polar surface area (TPSA) is 53.1 Å². The standard InChI is InChI=1S/C28H33N3O3/c1-4-29(5-2)19-21-7-9-25-18-22(8-10-24(25)17-21)20-30-15-16-31(28(30)33)26-13-11-23(12-14-26)27(32)34-6-3/h7-14,17-18H,4-6,15-16,19-20H2,1-3H3. The lowest BCUT2D eigenvalue weighted by atomic mass is 10.0. The van der Waals surface area contributed by atoms with Crippen molar-refractivity contribution in [3.8, 4) is 0 Å². The van der Waals surface area contributed by atoms with E-state index in [-0.39, 0.29) is 12.0 Å². The van der Waals surface area contributed by atoms with Crippen molar-refractivity contribution in [3.05, 3.63) is 77.4 Å². The second-order valence-electron chi connectivity index (χ2n) is 8.60. The van der Waals surface area contributed by atoms with E-state index < -0.39 is 0 Å². The fraction of sp³-hybridized carbons (Fsp3) is 0.357. The van der Waals surface area contributed by atoms with Crippen LogP contribution in [0.1, 0.15) is 42.3 Å². The normalized spacial score (nSPS) is 13.8. The van der Waals surface area contributed by atoms with Crippen LogP contribution < -0.4 is 4.90 Å². The minimum absolute atomic E-state index is 0.0152. The van der Waals surface area contributed by atoms with Gasteiger partial charge in [0.05, 0.1) is 12.2 Å². The van der Waals surface area contributed by atoms with E-state index in [2.05, 4.69) is 55.1 Å². The molecule has 0 bridgehead atoms. The highest BCUT2D eigenvalue weighted by molar-refractivity contribution is 5.95. The Kier molecular flexibility index (Phi) is 7.48. The summed E-state index contributed by atoms with van der Waals surface area (Å²) >= 11 is 0. The van der Waals surface area contributed by atoms with E-state index in [9.17, 15) is 9.59 Å². The van der Waals surface area contributed by atoms with Gasteiger partial charge in [0.2, 0.25) is 0 Å². The van der Waals surface area contributed by atoms with Gasteiger partial charge < -0.3 is 9.64 Å². The van der Waals surface area contributed by atoms with E-state index in [1.807, 2.05) is 4.90 Å². The van der Waals surface area contributed by atoms with Crippen molar-refractivity contribution in [2.45, 2.75) is 33.9 Å². The quantitative estimate of drug-likeness (QED) is 0.408. The monoisotopic (exact) mass is 459 g/mol. The summed E-state index contributed by atoms with van der Waals surface area (Å²) in [6, 6.07) is 20.1. The highest BCUT2D eigenvalue weighted by atomic mass is 16.5. The molecule has 0 N–H and O–H groups in total. The third-order valence-corrected chi connectivity index (χ3v) is 6.43. The third-order valence-electron chi connectivity index (χ3n) is 6.43. The van der Waals surface area contributed by atoms with Crippen LogP contribution in [0.5, 0.6) is 0 Å². The molecule has 1 fully saturated rings. The van der Waals surface area contributed by atoms with Crippen molar-refractivity contribution in [3.63, 3.8) is 0 Å². The molecule has 0 saturated carbocycles. The number of ether oxygens (including phenoxy) is 1. The first-order valence-electron chi connectivity index (χ1n) is 12.1. The molecule has 34 heavy (non-hydrogen) atoms. The fourth-order valence-electron chi connectivity index (χ4n) is 4.43. The maximum absolute atomic E-state index is 13.1. The molecule has 6 heteroatoms. The van der Waals surface area contributed by atoms with Crippen LogP contribution in [0.3, 0.4) is 0 Å². The number of hydrogen-bond acceptors (Lipinski definition) is 4. The summed E-state index contributed by atoms with van der Waals surface area (Å²) < 4.78 is 5.03. The SMILES string of the molecule is CCOC(=O)c1ccc(N2CCN(Cc3ccc4cc(CN(CC)CC)ccc4c3)C2=O)cc1. The predicted molar refractivity (Wildman–Crippen MR) is 136 cm³/mol. The highest BCUT2D eigenvalue weighted by Gasteiger charge is 2.29. The molecule has 1 aliphatic rings. The van der Waals surface area contributed by atoms with Crippen LogP contribution in [0.2, 0.25) is 0 Å². The summed E-state index contributed by atoms with van der Waals surface area (Å²) in [6.07, 6.45) is 0. The molecule has 0 unspecified atom stereocenters. The zero-order chi connectivity index (χ0) is 24.1. The highest BCUT2D eigenvalue weighted by Crippen LogP contribution is 2.24. The lowest BCUT2D eigenvalue weighted by Gasteiger charge is -2.20. The molecule has 2 amide bonds. The molecule has 4 rings (SSSR count). The summed E-state index contributed by atoms with van der Waals surface area (Å²) in [5, 5.41) is 2.42. The fourth-order valence-corrected chi connectivity index (χ4v) is 4.43. The number of benzene rings is 3. The largest absolute Gasteiger partial charge is 0.462 e. The predicted octanol–water partition coefficient (Wildman–Crippen LogP) is 5.30. The van der Waals surface area contributed by atoms with Crippen molar-refractivity contribution in [1.29, 1.82) is 0 Å². The first kappa shape index (κ1) is 23.8. The number of amides is 2. The molecule has 0 radical (unpaired) electrons. The number of rotatable bonds is 9. The van der Waals surface area contributed by atoms with Crippen LogP contribution in [0, 0.1) is 0 Å². The van der Waals surface area contributed by atoms with Crippen molar-refractivity contribution in [2.75, 3.05) is 37.7 Å². The Morgan fingerprint density at radius 1 is 0.882 bits per heavy atom. The van der Waals surface area contributed by atoms with Crippen molar-refractivity contribution < 1.29 is 14.3 Å². The number of carbonyl (C=O) groups is 2. The summed E-state index contributed by atoms with van der Waals surface area (Å²) in [7, 11) is 0. The van der Waals surface area contributed by atoms with Crippen molar-refractivity contribution in [1.82, 2.24) is 9.80 Å². The average molecular weight is 460 g/mol. The smallest absolute Gasteiger partial charge is 0.338 e. The Morgan fingerprint density at radius 2 is 1.53 bits per heavy atom. The van der Waals surface area contributed by atoms with Gasteiger partial charge in [-0.05, 0) is 78.3 Å². The van der Waals surface area contributed by atoms with Crippen LogP contribution in [0.4, 0.5) is 10.5 Å². The molecule has 6 nitrogen and oxygen atoms in total. The van der Waals surface area contributed by atoms with Crippen LogP contribution in [0.15, 0.2) is 60.7 Å². The van der Waals surface area contributed by atoms with Gasteiger partial charge in [0, 0.05) is 31.9 Å². The van der Waals surface area contributed by atoms with E-state index in [1.54, 1.807) is 36.1 Å². The Hall–Kier alpha value is -3.38. The molecule has 1 heterocycles. The molecule has 3 aromatic rings. The van der Waals surface area contributed by atoms with Crippen LogP contribution in [-0.2, 0) is 17.8 Å². The second-order valence-corrected chi connectivity index (χ2v) is 8.60. The molecule has 0 spiro atoms. The van der Waals surface area contributed by atoms with E-state index >= 15 is 0 Å². The molecule has 1 aliphatic heterocycles. The number of nitrogens with zero attached hydrogens (tertiary/aromatic N) is 3. The molecule has 3 aromatic carbocycles. The molecular weight excluding hydrogens is 426 g/mol. The number of hydrogen-bond donors (Lipinski definition) is 0. The zero-order valence-electron chi connectivity index (χ0n) is 20.3. The van der Waals surface area contributed by atoms with E-state index in [0.717, 1.165) is 30.9 Å². The molecule has 0 aliphatic carbocycles. The molecule has 0 aromatic heterocycles. The van der Waals surface area contributed by atoms with Crippen molar-refractivity contribution >= 4 is 28.5 Å². The zero-order valence-corrected chi connectivity index (χ0v) is 20.3. The van der Waals surface area contributed by atoms with Gasteiger partial charge in [0.15, 0.2) is 0 Å². The van der Waals surface area contributed by atoms with Crippen LogP contribution >= 0.6 is 0 Å². The number of urea groups is 1. The summed E-state index contributed by atoms with van der Waals surface area (Å²) in [5.41, 5.74) is 3.73. The van der Waals surface area contributed by atoms with E-state index in [0.29, 0.717) is 31.8 Å². The molecular formula is C28H33N3O3. The van der Waals surface area contributed by atoms with Gasteiger partial charge in [-0.1, -0.05) is 38.1 Å². The summed E-state index contributed by atoms with van der Waals surface area (Å²) in [4.78, 5) is 31.0. The maximum atomic E-state index is 13.1. The van der Waals surface area contributed by atoms with Gasteiger partial charge in [0.1, 0.15) is 0 Å². The first-order valence-corrected chi connectivity index (χ1v) is 12.1. The number of anilines is 1. The van der Waals surface area contributed by atoms with Gasteiger partial charge in [0.25, 0.3) is 0 Å². The number of esters is 1. The molecule has 0 atom stereocenters. The number of fused-ring (bicyclic) bond motifs is 1. The van der Waals surface area contributed by atoms with Crippen molar-refractivity contribution in [2.24, 2.45) is 0 Å². The van der Waals surface area contributed by atoms with Gasteiger partial charge in [-0.25, -0.2) is 9.59 Å². The average Bonchev–Trinajstić information content (AvgIpc) is 3.22. The summed E-state index contributed by atoms with van der Waals surface area (Å²) in [6.45, 7) is 11.4. The Morgan fingerprint density at radius 3 is 2.18 bits per heavy atom. The number of carbonyl (C=O) groups excluding carboxylic acids is 2. The van der Waals surface area contributed by atoms with Gasteiger partial charge in [-0.3, -0.25) is 9.80 Å². The molecule has 1 saturated heterocycles. The maximum Gasteiger partial charge on any atom is 0.338 e. The van der Waals surface area contributed by atoms with Gasteiger partial charge in [-0.15, -0.1) is 0 Å². The van der Waals surface area contributed by atoms with Gasteiger partial charge >= 0.3 is 12.0 Å². The first-order chi connectivity index (χ1) is 16.5. The summed E-state index contributed by atoms with van der Waals surface area (Å²) in [5.74, 6) is -0.347. The Balaban J connectivity index is 1.42. The van der Waals surface area contributed by atoms with Gasteiger partial charge in [-0.2, -0.15) is 0 Å². The van der Waals surface area contributed by atoms with E-state index in [4.69, 9.17) is 4.74 Å². The minimum atomic E-state index is -0.347. The van der Waals surface area contributed by atoms with Crippen LogP contribution in [0.25, 0.3) is 10.8 Å². The lowest BCUT2D eigenvalue weighted by Crippen LogP contribution is -2.31. The van der Waals surface area contributed by atoms with E-state index in [1.165, 1.54) is 16.3 Å². The second kappa shape index (κ2) is 10.7. The lowest BCUT2D eigenvalue weighted by molar-refractivity contribution is 0.0526. The molecule has 178 valence electrons. The third kappa shape index (κ3) is 5.23. The minimum Gasteiger partial charge on any atom is -0.462 e.